The van der Waals surface area contributed by atoms with E-state index >= 15 is 0 Å². The lowest BCUT2D eigenvalue weighted by molar-refractivity contribution is 0.0503. The van der Waals surface area contributed by atoms with Gasteiger partial charge >= 0.3 is 0 Å². The largest absolute Gasteiger partial charge is 0.350 e. The van der Waals surface area contributed by atoms with Gasteiger partial charge in [0.1, 0.15) is 5.69 Å². The van der Waals surface area contributed by atoms with E-state index in [1.807, 2.05) is 48.2 Å². The summed E-state index contributed by atoms with van der Waals surface area (Å²) < 4.78 is 0. The molecule has 2 aromatic carbocycles. The number of aromatic nitrogens is 1. The van der Waals surface area contributed by atoms with Gasteiger partial charge in [-0.25, -0.2) is 4.98 Å². The first-order chi connectivity index (χ1) is 16.9. The number of nitrogens with one attached hydrogen (secondary N) is 1. The van der Waals surface area contributed by atoms with Crippen LogP contribution in [0.15, 0.2) is 60.1 Å². The SMILES string of the molecule is C=Cc1cccc(C(=O)NC[C@@H]2[C@H](C)CCCN2C(=O)c2nc(C)sc2-c2ccccc2)c1N=C. The van der Waals surface area contributed by atoms with Gasteiger partial charge in [-0.1, -0.05) is 62.0 Å². The molecular formula is C28H30N4O2S. The highest BCUT2D eigenvalue weighted by atomic mass is 32.1. The van der Waals surface area contributed by atoms with Gasteiger partial charge in [-0.2, -0.15) is 0 Å². The molecule has 1 fully saturated rings. The van der Waals surface area contributed by atoms with Gasteiger partial charge < -0.3 is 10.2 Å². The summed E-state index contributed by atoms with van der Waals surface area (Å²) in [4.78, 5) is 38.3. The van der Waals surface area contributed by atoms with Crippen LogP contribution in [0.25, 0.3) is 16.5 Å². The van der Waals surface area contributed by atoms with Crippen molar-refractivity contribution in [2.24, 2.45) is 10.9 Å². The first-order valence-corrected chi connectivity index (χ1v) is 12.6. The molecule has 0 radical (unpaired) electrons. The Morgan fingerprint density at radius 3 is 2.71 bits per heavy atom. The number of benzene rings is 2. The highest BCUT2D eigenvalue weighted by Crippen LogP contribution is 2.33. The Morgan fingerprint density at radius 1 is 1.23 bits per heavy atom. The minimum absolute atomic E-state index is 0.0823. The van der Waals surface area contributed by atoms with E-state index in [1.165, 1.54) is 11.3 Å². The van der Waals surface area contributed by atoms with Gasteiger partial charge in [0.15, 0.2) is 0 Å². The van der Waals surface area contributed by atoms with E-state index in [9.17, 15) is 9.59 Å². The predicted octanol–water partition coefficient (Wildman–Crippen LogP) is 5.76. The molecule has 4 rings (SSSR count). The third-order valence-corrected chi connectivity index (χ3v) is 7.53. The van der Waals surface area contributed by atoms with E-state index in [0.717, 1.165) is 33.9 Å². The summed E-state index contributed by atoms with van der Waals surface area (Å²) in [6.45, 7) is 12.5. The van der Waals surface area contributed by atoms with Crippen LogP contribution in [0, 0.1) is 12.8 Å². The first-order valence-electron chi connectivity index (χ1n) is 11.8. The van der Waals surface area contributed by atoms with Gasteiger partial charge in [-0.15, -0.1) is 11.3 Å². The highest BCUT2D eigenvalue weighted by molar-refractivity contribution is 7.15. The number of carbonyl (C=O) groups is 2. The number of hydrogen-bond donors (Lipinski definition) is 1. The Labute approximate surface area is 210 Å². The van der Waals surface area contributed by atoms with Gasteiger partial charge in [-0.05, 0) is 44.0 Å². The summed E-state index contributed by atoms with van der Waals surface area (Å²) in [5, 5.41) is 3.90. The van der Waals surface area contributed by atoms with Gasteiger partial charge in [-0.3, -0.25) is 14.6 Å². The minimum Gasteiger partial charge on any atom is -0.350 e. The molecule has 2 heterocycles. The van der Waals surface area contributed by atoms with Crippen LogP contribution in [0.4, 0.5) is 5.69 Å². The topological polar surface area (TPSA) is 74.7 Å². The van der Waals surface area contributed by atoms with E-state index in [-0.39, 0.29) is 23.8 Å². The molecule has 2 atom stereocenters. The molecule has 6 nitrogen and oxygen atoms in total. The number of aryl methyl sites for hydroxylation is 1. The van der Waals surface area contributed by atoms with Crippen molar-refractivity contribution < 1.29 is 9.59 Å². The zero-order chi connectivity index (χ0) is 24.9. The van der Waals surface area contributed by atoms with Crippen molar-refractivity contribution >= 4 is 41.6 Å². The van der Waals surface area contributed by atoms with Gasteiger partial charge in [0.25, 0.3) is 11.8 Å². The van der Waals surface area contributed by atoms with Crippen molar-refractivity contribution in [1.82, 2.24) is 15.2 Å². The third kappa shape index (κ3) is 5.10. The average molecular weight is 487 g/mol. The van der Waals surface area contributed by atoms with E-state index in [2.05, 4.69) is 35.5 Å². The number of rotatable bonds is 7. The lowest BCUT2D eigenvalue weighted by Gasteiger charge is -2.40. The quantitative estimate of drug-likeness (QED) is 0.431. The van der Waals surface area contributed by atoms with E-state index in [0.29, 0.717) is 30.0 Å². The molecule has 1 saturated heterocycles. The molecule has 3 aromatic rings. The molecular weight excluding hydrogens is 456 g/mol. The number of hydrogen-bond acceptors (Lipinski definition) is 5. The van der Waals surface area contributed by atoms with Crippen molar-refractivity contribution in [3.05, 3.63) is 76.9 Å². The molecule has 7 heteroatoms. The summed E-state index contributed by atoms with van der Waals surface area (Å²) >= 11 is 1.53. The molecule has 1 N–H and O–H groups in total. The summed E-state index contributed by atoms with van der Waals surface area (Å²) in [5.41, 5.74) is 3.18. The second kappa shape index (κ2) is 10.8. The summed E-state index contributed by atoms with van der Waals surface area (Å²) in [7, 11) is 0. The van der Waals surface area contributed by atoms with Gasteiger partial charge in [0.2, 0.25) is 0 Å². The fraction of sp³-hybridized carbons (Fsp3) is 0.286. The maximum atomic E-state index is 13.8. The van der Waals surface area contributed by atoms with Crippen molar-refractivity contribution in [1.29, 1.82) is 0 Å². The molecule has 0 spiro atoms. The molecule has 1 aliphatic rings. The maximum absolute atomic E-state index is 13.8. The van der Waals surface area contributed by atoms with Crippen LogP contribution in [-0.2, 0) is 0 Å². The van der Waals surface area contributed by atoms with Crippen LogP contribution < -0.4 is 5.32 Å². The van der Waals surface area contributed by atoms with Crippen LogP contribution in [0.5, 0.6) is 0 Å². The summed E-state index contributed by atoms with van der Waals surface area (Å²) in [6, 6.07) is 15.1. The Balaban J connectivity index is 1.57. The average Bonchev–Trinajstić information content (AvgIpc) is 3.28. The highest BCUT2D eigenvalue weighted by Gasteiger charge is 2.35. The van der Waals surface area contributed by atoms with Crippen molar-refractivity contribution in [3.63, 3.8) is 0 Å². The number of para-hydroxylation sites is 1. The first kappa shape index (κ1) is 24.5. The van der Waals surface area contributed by atoms with Crippen molar-refractivity contribution in [2.45, 2.75) is 32.7 Å². The van der Waals surface area contributed by atoms with Crippen molar-refractivity contribution in [2.75, 3.05) is 13.1 Å². The van der Waals surface area contributed by atoms with Crippen LogP contribution in [0.3, 0.4) is 0 Å². The standard InChI is InChI=1S/C28H30N4O2S/c1-5-20-14-9-15-22(24(20)29-4)27(33)30-17-23-18(2)11-10-16-32(23)28(34)25-26(35-19(3)31-25)21-12-7-6-8-13-21/h5-9,12-15,18,23H,1,4,10-11,16-17H2,2-3H3,(H,30,33)/t18-,23-/m1/s1. The number of amides is 2. The molecule has 2 amide bonds. The number of aliphatic imine (C=N–C) groups is 1. The van der Waals surface area contributed by atoms with Gasteiger partial charge in [0.05, 0.1) is 27.2 Å². The number of thiazole rings is 1. The van der Waals surface area contributed by atoms with E-state index in [4.69, 9.17) is 0 Å². The molecule has 1 aliphatic heterocycles. The zero-order valence-corrected chi connectivity index (χ0v) is 21.0. The maximum Gasteiger partial charge on any atom is 0.274 e. The second-order valence-corrected chi connectivity index (χ2v) is 9.98. The van der Waals surface area contributed by atoms with Crippen LogP contribution in [-0.4, -0.2) is 47.5 Å². The number of nitrogens with zero attached hydrogens (tertiary/aromatic N) is 3. The Hall–Kier alpha value is -3.58. The van der Waals surface area contributed by atoms with Crippen LogP contribution >= 0.6 is 11.3 Å². The normalized spacial score (nSPS) is 17.6. The zero-order valence-electron chi connectivity index (χ0n) is 20.2. The Kier molecular flexibility index (Phi) is 7.56. The summed E-state index contributed by atoms with van der Waals surface area (Å²) in [6.07, 6.45) is 3.58. The molecule has 0 bridgehead atoms. The molecule has 35 heavy (non-hydrogen) atoms. The second-order valence-electron chi connectivity index (χ2n) is 8.78. The van der Waals surface area contributed by atoms with Gasteiger partial charge in [0, 0.05) is 18.7 Å². The van der Waals surface area contributed by atoms with Crippen molar-refractivity contribution in [3.8, 4) is 10.4 Å². The fourth-order valence-corrected chi connectivity index (χ4v) is 5.60. The molecule has 0 saturated carbocycles. The number of piperidine rings is 1. The Morgan fingerprint density at radius 2 is 2.00 bits per heavy atom. The fourth-order valence-electron chi connectivity index (χ4n) is 4.68. The van der Waals surface area contributed by atoms with Crippen LogP contribution in [0.1, 0.15) is 51.2 Å². The number of likely N-dealkylation sites (tertiary alicyclic amines) is 1. The smallest absolute Gasteiger partial charge is 0.274 e. The molecule has 180 valence electrons. The third-order valence-electron chi connectivity index (χ3n) is 6.51. The molecule has 0 unspecified atom stereocenters. The molecule has 1 aromatic heterocycles. The molecule has 0 aliphatic carbocycles. The Bertz CT molecular complexity index is 1250. The monoisotopic (exact) mass is 486 g/mol. The lowest BCUT2D eigenvalue weighted by atomic mass is 9.90. The summed E-state index contributed by atoms with van der Waals surface area (Å²) in [5.74, 6) is -0.0822. The minimum atomic E-state index is -0.240. The predicted molar refractivity (Wildman–Crippen MR) is 144 cm³/mol. The van der Waals surface area contributed by atoms with E-state index in [1.54, 1.807) is 18.2 Å². The van der Waals surface area contributed by atoms with Crippen LogP contribution in [0.2, 0.25) is 0 Å². The number of carbonyl (C=O) groups excluding carboxylic acids is 2. The lowest BCUT2D eigenvalue weighted by Crippen LogP contribution is -2.53. The van der Waals surface area contributed by atoms with E-state index < -0.39 is 0 Å².